The van der Waals surface area contributed by atoms with E-state index < -0.39 is 0 Å². The number of carbonyl (C=O) groups is 1. The zero-order valence-electron chi connectivity index (χ0n) is 9.10. The molecule has 0 N–H and O–H groups in total. The molecule has 7 nitrogen and oxygen atoms in total. The van der Waals surface area contributed by atoms with Crippen LogP contribution in [0.25, 0.3) is 0 Å². The van der Waals surface area contributed by atoms with Crippen LogP contribution in [-0.4, -0.2) is 13.1 Å². The van der Waals surface area contributed by atoms with Gasteiger partial charge in [0, 0.05) is 17.1 Å². The van der Waals surface area contributed by atoms with Crippen molar-refractivity contribution >= 4 is 5.97 Å². The Hall–Kier alpha value is -1.70. The zero-order valence-corrected chi connectivity index (χ0v) is 10.3. The van der Waals surface area contributed by atoms with E-state index in [0.717, 1.165) is 0 Å². The molecule has 0 saturated heterocycles. The quantitative estimate of drug-likeness (QED) is 0.227. The molecule has 0 bridgehead atoms. The van der Waals surface area contributed by atoms with Gasteiger partial charge in [0.25, 0.3) is 0 Å². The molecule has 0 rings (SSSR count). The Kier molecular flexibility index (Phi) is 415. The number of ether oxygens (including phenoxy) is 1. The molecule has 0 saturated carbocycles. The molecule has 0 unspecified atom stereocenters. The number of hydrogen-bond donors (Lipinski definition) is 0. The third kappa shape index (κ3) is 232. The maximum atomic E-state index is 10.1. The first-order valence-corrected chi connectivity index (χ1v) is 2.87. The van der Waals surface area contributed by atoms with Gasteiger partial charge in [-0.05, 0) is 0 Å². The summed E-state index contributed by atoms with van der Waals surface area (Å²) in [4.78, 5) is 10.1. The minimum atomic E-state index is -0.366. The molecule has 0 aromatic heterocycles. The van der Waals surface area contributed by atoms with E-state index in [2.05, 4.69) is 44.9 Å². The van der Waals surface area contributed by atoms with Gasteiger partial charge in [0.15, 0.2) is 0 Å². The van der Waals surface area contributed by atoms with Crippen LogP contribution in [-0.2, 0) is 49.9 Å². The monoisotopic (exact) mass is 294 g/mol. The second-order valence-corrected chi connectivity index (χ2v) is 0.926. The van der Waals surface area contributed by atoms with E-state index in [1.54, 1.807) is 0 Å². The van der Waals surface area contributed by atoms with Gasteiger partial charge in [-0.25, -0.2) is 13.0 Å². The van der Waals surface area contributed by atoms with Gasteiger partial charge < -0.3 is 4.74 Å². The van der Waals surface area contributed by atoms with Crippen LogP contribution < -0.4 is 0 Å². The molecule has 8 heteroatoms. The Morgan fingerprint density at radius 2 is 1.17 bits per heavy atom. The van der Waals surface area contributed by atoms with E-state index in [4.69, 9.17) is 23.3 Å². The Morgan fingerprint density at radius 3 is 1.22 bits per heavy atom. The van der Waals surface area contributed by atoms with Crippen LogP contribution >= 0.6 is 0 Å². The van der Waals surface area contributed by atoms with Gasteiger partial charge in [0.1, 0.15) is 0 Å². The zero-order chi connectivity index (χ0) is 15.7. The average Bonchev–Trinajstić information content (AvgIpc) is 2.49. The second-order valence-electron chi connectivity index (χ2n) is 0.926. The Bertz CT molecular complexity index is 212. The van der Waals surface area contributed by atoms with Crippen molar-refractivity contribution in [1.82, 2.24) is 0 Å². The van der Waals surface area contributed by atoms with E-state index in [0.29, 0.717) is 0 Å². The van der Waals surface area contributed by atoms with Crippen molar-refractivity contribution in [2.45, 2.75) is 0 Å². The minimum Gasteiger partial charge on any atom is -0.479 e. The fraction of sp³-hybridized carbons (Fsp3) is 0.100. The van der Waals surface area contributed by atoms with Crippen molar-refractivity contribution in [3.63, 3.8) is 0 Å². The predicted molar refractivity (Wildman–Crippen MR) is 46.2 cm³/mol. The van der Waals surface area contributed by atoms with E-state index in [-0.39, 0.29) is 23.0 Å². The number of allylic oxidation sites excluding steroid dienone is 1. The van der Waals surface area contributed by atoms with Crippen LogP contribution in [0.1, 0.15) is 0 Å². The summed E-state index contributed by atoms with van der Waals surface area (Å²) < 4.78 is 41.7. The van der Waals surface area contributed by atoms with Gasteiger partial charge in [-0.2, -0.15) is 0 Å². The van der Waals surface area contributed by atoms with Crippen molar-refractivity contribution in [3.8, 4) is 0 Å². The largest absolute Gasteiger partial charge is 0.479 e. The molecule has 18 heavy (non-hydrogen) atoms. The molecule has 0 aliphatic rings. The van der Waals surface area contributed by atoms with Gasteiger partial charge in [-0.15, -0.1) is 6.08 Å². The molecule has 0 heterocycles. The first-order valence-electron chi connectivity index (χ1n) is 2.87. The maximum absolute atomic E-state index is 10.1. The molecule has 97 valence electrons. The number of methoxy groups -OCH3 is 1. The van der Waals surface area contributed by atoms with Crippen LogP contribution in [0.5, 0.6) is 0 Å². The number of carbonyl (C=O) groups excluding carboxylic acids is 1. The van der Waals surface area contributed by atoms with Crippen molar-refractivity contribution in [3.05, 3.63) is 52.3 Å². The summed E-state index contributed by atoms with van der Waals surface area (Å²) in [7, 11) is 1.32. The average molecular weight is 294 g/mol. The van der Waals surface area contributed by atoms with Crippen molar-refractivity contribution < 1.29 is 49.9 Å². The Balaban J connectivity index is -0.0000000189. The van der Waals surface area contributed by atoms with Crippen LogP contribution in [0, 0.1) is 40.2 Å². The Morgan fingerprint density at radius 1 is 0.944 bits per heavy atom. The molecular weight excluding hydrogens is 287 g/mol. The number of rotatable bonds is 1. The summed E-state index contributed by atoms with van der Waals surface area (Å²) >= 11 is 0. The second kappa shape index (κ2) is 169. The van der Waals surface area contributed by atoms with Gasteiger partial charge in [-0.1, -0.05) is 0 Å². The van der Waals surface area contributed by atoms with Crippen LogP contribution in [0.4, 0.5) is 0 Å². The standard InChI is InChI=1S/C5H7O2.5CO.Mn/c1-3-4-5(6)7-2;5*1-2;/h3-4H,1H2,2H3;;;;;;/q-1;;;;;;/b4-3+;;;;;;. The molecule has 1 radical (unpaired) electrons. The van der Waals surface area contributed by atoms with E-state index in [9.17, 15) is 4.79 Å². The SMILES string of the molecule is [C-]#[O+].[C-]#[O+].[C-]#[O+].[C-]#[O+].[C-]#[O+].[CH2-]/C=C/C(=O)OC.[Mn]. The molecule has 0 amide bonds. The van der Waals surface area contributed by atoms with Gasteiger partial charge >= 0.3 is 56.5 Å². The van der Waals surface area contributed by atoms with Crippen molar-refractivity contribution in [2.75, 3.05) is 7.11 Å². The molecule has 0 aliphatic carbocycles. The molecule has 0 aliphatic heterocycles. The summed E-state index contributed by atoms with van der Waals surface area (Å²) in [5.41, 5.74) is 0. The number of esters is 1. The normalized spacial score (nSPS) is 4.17. The third-order valence-electron chi connectivity index (χ3n) is 0.455. The van der Waals surface area contributed by atoms with Crippen LogP contribution in [0.15, 0.2) is 12.2 Å². The van der Waals surface area contributed by atoms with Crippen molar-refractivity contribution in [1.29, 1.82) is 0 Å². The minimum absolute atomic E-state index is 0. The molecule has 0 spiro atoms. The third-order valence-corrected chi connectivity index (χ3v) is 0.455. The van der Waals surface area contributed by atoms with E-state index >= 15 is 0 Å². The summed E-state index contributed by atoms with van der Waals surface area (Å²) in [6.07, 6.45) is 2.63. The topological polar surface area (TPSA) is 126 Å². The molecule has 0 atom stereocenters. The summed E-state index contributed by atoms with van der Waals surface area (Å²) in [5, 5.41) is 0. The molecule has 0 aromatic rings. The van der Waals surface area contributed by atoms with Gasteiger partial charge in [-0.3, -0.25) is 4.79 Å². The van der Waals surface area contributed by atoms with Gasteiger partial charge in [0.2, 0.25) is 5.97 Å². The number of hydrogen-bond acceptors (Lipinski definition) is 2. The molecular formula is C10H7MnO7-. The summed E-state index contributed by atoms with van der Waals surface area (Å²) in [6, 6.07) is 0. The fourth-order valence-electron chi connectivity index (χ4n) is 0.164. The van der Waals surface area contributed by atoms with E-state index in [1.807, 2.05) is 0 Å². The van der Waals surface area contributed by atoms with Crippen LogP contribution in [0.3, 0.4) is 0 Å². The van der Waals surface area contributed by atoms with Crippen molar-refractivity contribution in [2.24, 2.45) is 0 Å². The molecule has 0 aromatic carbocycles. The smallest absolute Gasteiger partial charge is 0.247 e. The fourth-order valence-corrected chi connectivity index (χ4v) is 0.164. The summed E-state index contributed by atoms with van der Waals surface area (Å²) in [5.74, 6) is -0.366. The van der Waals surface area contributed by atoms with Gasteiger partial charge in [0.05, 0.1) is 7.11 Å². The molecule has 0 fully saturated rings. The van der Waals surface area contributed by atoms with E-state index in [1.165, 1.54) is 19.3 Å². The Labute approximate surface area is 116 Å². The predicted octanol–water partition coefficient (Wildman–Crippen LogP) is 0.360. The first kappa shape index (κ1) is 44.1. The summed E-state index contributed by atoms with van der Waals surface area (Å²) in [6.45, 7) is 25.8. The first-order chi connectivity index (χ1) is 8.31. The van der Waals surface area contributed by atoms with Crippen LogP contribution in [0.2, 0.25) is 0 Å². The maximum Gasteiger partial charge on any atom is 0.247 e.